The molecule has 0 aromatic carbocycles. The molecule has 0 aromatic heterocycles. The Morgan fingerprint density at radius 1 is 0.702 bits per heavy atom. The number of aliphatic hydroxyl groups excluding tert-OH is 5. The molecule has 1 rings (SSSR count). The quantitative estimate of drug-likeness (QED) is 0.0271. The van der Waals surface area contributed by atoms with Crippen LogP contribution in [0.2, 0.25) is 0 Å². The minimum absolute atomic E-state index is 0.232. The molecule has 47 heavy (non-hydrogen) atoms. The van der Waals surface area contributed by atoms with Gasteiger partial charge in [0.05, 0.1) is 18.6 Å². The first-order valence-electron chi connectivity index (χ1n) is 19.4. The second kappa shape index (κ2) is 28.9. The smallest absolute Gasteiger partial charge is 0.188 e. The van der Waals surface area contributed by atoms with Crippen molar-refractivity contribution in [3.63, 3.8) is 0 Å². The van der Waals surface area contributed by atoms with E-state index in [1.54, 1.807) is 6.08 Å². The summed E-state index contributed by atoms with van der Waals surface area (Å²) in [4.78, 5) is 13.4. The number of hydrogen-bond donors (Lipinski definition) is 6. The summed E-state index contributed by atoms with van der Waals surface area (Å²) < 4.78 is 11.1. The van der Waals surface area contributed by atoms with Crippen LogP contribution in [0.4, 0.5) is 0 Å². The molecule has 0 spiro atoms. The molecule has 1 heterocycles. The van der Waals surface area contributed by atoms with Crippen LogP contribution in [-0.4, -0.2) is 81.0 Å². The minimum atomic E-state index is -1.64. The van der Waals surface area contributed by atoms with E-state index in [4.69, 9.17) is 15.2 Å². The van der Waals surface area contributed by atoms with E-state index in [9.17, 15) is 30.3 Å². The highest BCUT2D eigenvalue weighted by molar-refractivity contribution is 5.82. The van der Waals surface area contributed by atoms with Gasteiger partial charge < -0.3 is 40.7 Å². The van der Waals surface area contributed by atoms with E-state index in [-0.39, 0.29) is 12.2 Å². The molecule has 0 radical (unpaired) electrons. The first-order valence-corrected chi connectivity index (χ1v) is 19.4. The molecule has 0 amide bonds. The van der Waals surface area contributed by atoms with Gasteiger partial charge in [-0.2, -0.15) is 0 Å². The highest BCUT2D eigenvalue weighted by atomic mass is 16.7. The average molecular weight is 672 g/mol. The van der Waals surface area contributed by atoms with Crippen molar-refractivity contribution < 1.29 is 39.8 Å². The molecule has 1 unspecified atom stereocenters. The maximum atomic E-state index is 13.4. The molecule has 8 atom stereocenters. The summed E-state index contributed by atoms with van der Waals surface area (Å²) >= 11 is 0. The van der Waals surface area contributed by atoms with Gasteiger partial charge in [0.25, 0.3) is 0 Å². The monoisotopic (exact) mass is 672 g/mol. The van der Waals surface area contributed by atoms with Crippen molar-refractivity contribution in [3.8, 4) is 0 Å². The molecule has 1 saturated heterocycles. The number of ketones is 1. The highest BCUT2D eigenvalue weighted by Gasteiger charge is 2.46. The minimum Gasteiger partial charge on any atom is -0.394 e. The first kappa shape index (κ1) is 44.1. The molecular formula is C38H73NO8. The van der Waals surface area contributed by atoms with Crippen molar-refractivity contribution in [1.82, 2.24) is 0 Å². The van der Waals surface area contributed by atoms with Crippen LogP contribution in [0.5, 0.6) is 0 Å². The lowest BCUT2D eigenvalue weighted by atomic mass is 9.91. The first-order chi connectivity index (χ1) is 22.8. The Morgan fingerprint density at radius 3 is 1.62 bits per heavy atom. The number of ether oxygens (including phenoxy) is 2. The lowest BCUT2D eigenvalue weighted by Crippen LogP contribution is -2.61. The van der Waals surface area contributed by atoms with E-state index in [0.717, 1.165) is 38.5 Å². The molecule has 1 aliphatic heterocycles. The van der Waals surface area contributed by atoms with Gasteiger partial charge in [-0.25, -0.2) is 0 Å². The Hall–Kier alpha value is -0.910. The number of unbranched alkanes of at least 4 members (excludes halogenated alkanes) is 21. The number of aliphatic hydroxyl groups is 5. The van der Waals surface area contributed by atoms with Gasteiger partial charge in [-0.05, 0) is 19.3 Å². The molecule has 9 nitrogen and oxygen atoms in total. The van der Waals surface area contributed by atoms with E-state index in [2.05, 4.69) is 13.8 Å². The van der Waals surface area contributed by atoms with Gasteiger partial charge >= 0.3 is 0 Å². The van der Waals surface area contributed by atoms with Gasteiger partial charge in [-0.1, -0.05) is 154 Å². The number of allylic oxidation sites excluding steroid dienone is 1. The topological polar surface area (TPSA) is 163 Å². The fourth-order valence-electron chi connectivity index (χ4n) is 6.40. The van der Waals surface area contributed by atoms with E-state index in [0.29, 0.717) is 6.42 Å². The third kappa shape index (κ3) is 19.8. The molecule has 7 N–H and O–H groups in total. The molecular weight excluding hydrogens is 598 g/mol. The van der Waals surface area contributed by atoms with Crippen LogP contribution in [0, 0.1) is 5.92 Å². The molecule has 1 aliphatic rings. The Bertz CT molecular complexity index is 766. The van der Waals surface area contributed by atoms with Crippen molar-refractivity contribution in [2.45, 2.75) is 211 Å². The zero-order valence-corrected chi connectivity index (χ0v) is 30.0. The Morgan fingerprint density at radius 2 is 1.15 bits per heavy atom. The van der Waals surface area contributed by atoms with Crippen molar-refractivity contribution in [3.05, 3.63) is 12.2 Å². The molecule has 9 heteroatoms. The van der Waals surface area contributed by atoms with Crippen molar-refractivity contribution in [2.75, 3.05) is 6.61 Å². The zero-order chi connectivity index (χ0) is 34.7. The summed E-state index contributed by atoms with van der Waals surface area (Å²) in [6, 6.07) is 0. The van der Waals surface area contributed by atoms with Crippen LogP contribution in [0.3, 0.4) is 0 Å². The van der Waals surface area contributed by atoms with Crippen molar-refractivity contribution in [1.29, 1.82) is 0 Å². The molecule has 0 saturated carbocycles. The normalized spacial score (nSPS) is 23.7. The maximum absolute atomic E-state index is 13.4. The maximum Gasteiger partial charge on any atom is 0.188 e. The number of hydrogen-bond acceptors (Lipinski definition) is 9. The number of rotatable bonds is 31. The van der Waals surface area contributed by atoms with E-state index in [1.165, 1.54) is 103 Å². The van der Waals surface area contributed by atoms with Crippen LogP contribution in [0.1, 0.15) is 168 Å². The fourth-order valence-corrected chi connectivity index (χ4v) is 6.40. The number of Topliss-reactive ketones (excluding diaryl/α,β-unsaturated/α-hetero) is 1. The van der Waals surface area contributed by atoms with Gasteiger partial charge in [-0.3, -0.25) is 4.79 Å². The van der Waals surface area contributed by atoms with E-state index in [1.807, 2.05) is 6.08 Å². The van der Waals surface area contributed by atoms with E-state index < -0.39 is 55.6 Å². The van der Waals surface area contributed by atoms with Crippen molar-refractivity contribution >= 4 is 5.78 Å². The molecule has 0 bridgehead atoms. The number of carbonyl (C=O) groups is 1. The van der Waals surface area contributed by atoms with Crippen LogP contribution in [-0.2, 0) is 14.3 Å². The Labute approximate surface area is 286 Å². The predicted octanol–water partition coefficient (Wildman–Crippen LogP) is 6.59. The second-order valence-electron chi connectivity index (χ2n) is 13.8. The van der Waals surface area contributed by atoms with E-state index >= 15 is 0 Å². The lowest BCUT2D eigenvalue weighted by molar-refractivity contribution is -0.314. The summed E-state index contributed by atoms with van der Waals surface area (Å²) in [5.41, 5.74) is 6.32. The Balaban J connectivity index is 2.57. The predicted molar refractivity (Wildman–Crippen MR) is 189 cm³/mol. The SMILES string of the molecule is CCCCCCCCCCCCC/C=C/[C@@H](O)[C@H](C(=O)CCCCCCCCCCCCC)C(N)O[C@H]1O[C@H](CO)[C@H](O)[C@H](O)[C@H]1O. The summed E-state index contributed by atoms with van der Waals surface area (Å²) in [5, 5.41) is 51.3. The van der Waals surface area contributed by atoms with Gasteiger partial charge in [-0.15, -0.1) is 0 Å². The number of carbonyl (C=O) groups excluding carboxylic acids is 1. The molecule has 278 valence electrons. The largest absolute Gasteiger partial charge is 0.394 e. The van der Waals surface area contributed by atoms with Crippen LogP contribution >= 0.6 is 0 Å². The molecule has 0 aromatic rings. The Kier molecular flexibility index (Phi) is 27.1. The van der Waals surface area contributed by atoms with Crippen LogP contribution in [0.25, 0.3) is 0 Å². The summed E-state index contributed by atoms with van der Waals surface area (Å²) in [5.74, 6) is -1.33. The second-order valence-corrected chi connectivity index (χ2v) is 13.8. The summed E-state index contributed by atoms with van der Waals surface area (Å²) in [6.07, 6.45) is 21.2. The summed E-state index contributed by atoms with van der Waals surface area (Å²) in [6.45, 7) is 3.86. The average Bonchev–Trinajstić information content (AvgIpc) is 3.06. The zero-order valence-electron chi connectivity index (χ0n) is 30.0. The van der Waals surface area contributed by atoms with Gasteiger partial charge in [0, 0.05) is 6.42 Å². The number of nitrogens with two attached hydrogens (primary N) is 1. The lowest BCUT2D eigenvalue weighted by Gasteiger charge is -2.41. The summed E-state index contributed by atoms with van der Waals surface area (Å²) in [7, 11) is 0. The van der Waals surface area contributed by atoms with Gasteiger partial charge in [0.1, 0.15) is 36.4 Å². The van der Waals surface area contributed by atoms with Crippen LogP contribution < -0.4 is 5.73 Å². The fraction of sp³-hybridized carbons (Fsp3) is 0.921. The van der Waals surface area contributed by atoms with Gasteiger partial charge in [0.15, 0.2) is 6.29 Å². The molecule has 1 fully saturated rings. The van der Waals surface area contributed by atoms with Gasteiger partial charge in [0.2, 0.25) is 0 Å². The van der Waals surface area contributed by atoms with Crippen LogP contribution in [0.15, 0.2) is 12.2 Å². The molecule has 0 aliphatic carbocycles. The third-order valence-electron chi connectivity index (χ3n) is 9.57. The third-order valence-corrected chi connectivity index (χ3v) is 9.57. The highest BCUT2D eigenvalue weighted by Crippen LogP contribution is 2.26. The standard InChI is InChI=1S/C38H73NO8/c1-3-5-7-9-11-13-15-16-18-20-22-24-26-28-31(42)33(30(41)27-25-23-21-19-17-14-12-10-8-6-4-2)37(39)47-38-36(45)35(44)34(43)32(29-40)46-38/h26,28,31-38,40,42-45H,3-25,27,29,39H2,1-2H3/b28-26+/t31-,32-,33+,34+,35+,36-,37?,38-/m1/s1. The van der Waals surface area contributed by atoms with Crippen molar-refractivity contribution in [2.24, 2.45) is 11.7 Å².